The van der Waals surface area contributed by atoms with E-state index < -0.39 is 0 Å². The summed E-state index contributed by atoms with van der Waals surface area (Å²) in [6, 6.07) is 6.29. The number of hydrogen-bond acceptors (Lipinski definition) is 3. The normalized spacial score (nSPS) is 14.6. The second-order valence-corrected chi connectivity index (χ2v) is 4.13. The molecule has 17 heavy (non-hydrogen) atoms. The van der Waals surface area contributed by atoms with Crippen LogP contribution in [0.1, 0.15) is 11.3 Å². The van der Waals surface area contributed by atoms with Crippen molar-refractivity contribution in [2.45, 2.75) is 13.0 Å². The van der Waals surface area contributed by atoms with Gasteiger partial charge in [0.25, 0.3) is 0 Å². The number of benzene rings is 1. The van der Waals surface area contributed by atoms with E-state index in [0.29, 0.717) is 5.82 Å². The summed E-state index contributed by atoms with van der Waals surface area (Å²) in [4.78, 5) is 0. The Morgan fingerprint density at radius 3 is 2.82 bits per heavy atom. The quantitative estimate of drug-likeness (QED) is 0.777. The molecule has 3 rings (SSSR count). The lowest BCUT2D eigenvalue weighted by molar-refractivity contribution is 0.618. The van der Waals surface area contributed by atoms with Crippen molar-refractivity contribution in [1.82, 2.24) is 15.1 Å². The van der Waals surface area contributed by atoms with Crippen LogP contribution in [0.15, 0.2) is 24.3 Å². The van der Waals surface area contributed by atoms with Gasteiger partial charge in [-0.05, 0) is 24.3 Å². The average molecular weight is 232 g/mol. The van der Waals surface area contributed by atoms with Crippen LogP contribution in [0.3, 0.4) is 0 Å². The summed E-state index contributed by atoms with van der Waals surface area (Å²) in [5.74, 6) is 0.306. The molecule has 88 valence electrons. The molecule has 0 saturated carbocycles. The Kier molecular flexibility index (Phi) is 2.33. The van der Waals surface area contributed by atoms with E-state index in [9.17, 15) is 4.39 Å². The predicted molar refractivity (Wildman–Crippen MR) is 63.3 cm³/mol. The zero-order valence-electron chi connectivity index (χ0n) is 9.28. The first-order valence-electron chi connectivity index (χ1n) is 5.58. The molecule has 0 saturated heterocycles. The Labute approximate surface area is 98.2 Å². The first kappa shape index (κ1) is 10.3. The van der Waals surface area contributed by atoms with Gasteiger partial charge in [0.15, 0.2) is 5.82 Å². The molecule has 0 amide bonds. The monoisotopic (exact) mass is 232 g/mol. The van der Waals surface area contributed by atoms with Gasteiger partial charge in [0.05, 0.1) is 11.4 Å². The molecule has 0 radical (unpaired) electrons. The van der Waals surface area contributed by atoms with Gasteiger partial charge in [-0.25, -0.2) is 9.07 Å². The molecule has 1 aromatic heterocycles. The second-order valence-electron chi connectivity index (χ2n) is 4.13. The summed E-state index contributed by atoms with van der Waals surface area (Å²) < 4.78 is 14.7. The van der Waals surface area contributed by atoms with Crippen molar-refractivity contribution < 1.29 is 4.39 Å². The second kappa shape index (κ2) is 3.85. The minimum atomic E-state index is -0.246. The fraction of sp³-hybridized carbons (Fsp3) is 0.250. The standard InChI is InChI=1S/C12H13FN4/c13-8-1-3-9(4-2-8)17-11-5-6-15-7-10(11)12(14)16-17/h1-4,15H,5-7H2,(H2,14,16). The molecular formula is C12H13FN4. The van der Waals surface area contributed by atoms with Crippen molar-refractivity contribution in [1.29, 1.82) is 0 Å². The van der Waals surface area contributed by atoms with Gasteiger partial charge < -0.3 is 11.1 Å². The number of anilines is 1. The number of nitrogens with one attached hydrogen (secondary N) is 1. The van der Waals surface area contributed by atoms with Gasteiger partial charge in [-0.1, -0.05) is 0 Å². The largest absolute Gasteiger partial charge is 0.382 e. The molecule has 0 bridgehead atoms. The van der Waals surface area contributed by atoms with Crippen molar-refractivity contribution in [2.75, 3.05) is 12.3 Å². The van der Waals surface area contributed by atoms with Crippen molar-refractivity contribution in [3.05, 3.63) is 41.3 Å². The van der Waals surface area contributed by atoms with Gasteiger partial charge in [0.1, 0.15) is 5.82 Å². The third-order valence-corrected chi connectivity index (χ3v) is 3.03. The van der Waals surface area contributed by atoms with E-state index in [1.807, 2.05) is 4.68 Å². The molecule has 1 aliphatic heterocycles. The molecule has 0 fully saturated rings. The van der Waals surface area contributed by atoms with Gasteiger partial charge >= 0.3 is 0 Å². The zero-order valence-corrected chi connectivity index (χ0v) is 9.28. The summed E-state index contributed by atoms with van der Waals surface area (Å²) in [6.07, 6.45) is 0.886. The van der Waals surface area contributed by atoms with Crippen LogP contribution in [0, 0.1) is 5.82 Å². The first-order chi connectivity index (χ1) is 8.25. The third-order valence-electron chi connectivity index (χ3n) is 3.03. The molecule has 1 aromatic carbocycles. The highest BCUT2D eigenvalue weighted by Crippen LogP contribution is 2.23. The minimum absolute atomic E-state index is 0.246. The number of rotatable bonds is 1. The maximum atomic E-state index is 12.9. The van der Waals surface area contributed by atoms with Crippen molar-refractivity contribution in [2.24, 2.45) is 0 Å². The van der Waals surface area contributed by atoms with Crippen LogP contribution in [0.2, 0.25) is 0 Å². The minimum Gasteiger partial charge on any atom is -0.382 e. The lowest BCUT2D eigenvalue weighted by Gasteiger charge is -2.15. The molecular weight excluding hydrogens is 219 g/mol. The summed E-state index contributed by atoms with van der Waals surface area (Å²) >= 11 is 0. The maximum Gasteiger partial charge on any atom is 0.150 e. The summed E-state index contributed by atoms with van der Waals surface area (Å²) in [7, 11) is 0. The molecule has 2 heterocycles. The van der Waals surface area contributed by atoms with Gasteiger partial charge in [-0.15, -0.1) is 0 Å². The van der Waals surface area contributed by atoms with Gasteiger partial charge in [0, 0.05) is 25.1 Å². The average Bonchev–Trinajstić information content (AvgIpc) is 2.69. The van der Waals surface area contributed by atoms with Crippen LogP contribution in [0.4, 0.5) is 10.2 Å². The van der Waals surface area contributed by atoms with E-state index in [0.717, 1.165) is 36.5 Å². The lowest BCUT2D eigenvalue weighted by atomic mass is 10.1. The Balaban J connectivity index is 2.11. The summed E-state index contributed by atoms with van der Waals surface area (Å²) in [5, 5.41) is 7.59. The third kappa shape index (κ3) is 1.68. The highest BCUT2D eigenvalue weighted by atomic mass is 19.1. The predicted octanol–water partition coefficient (Wildman–Crippen LogP) is 1.24. The zero-order chi connectivity index (χ0) is 11.8. The molecule has 4 nitrogen and oxygen atoms in total. The SMILES string of the molecule is Nc1nn(-c2ccc(F)cc2)c2c1CNCC2. The van der Waals surface area contributed by atoms with E-state index in [-0.39, 0.29) is 5.82 Å². The fourth-order valence-corrected chi connectivity index (χ4v) is 2.17. The van der Waals surface area contributed by atoms with E-state index >= 15 is 0 Å². The van der Waals surface area contributed by atoms with Crippen LogP contribution >= 0.6 is 0 Å². The van der Waals surface area contributed by atoms with E-state index in [4.69, 9.17) is 5.73 Å². The topological polar surface area (TPSA) is 55.9 Å². The smallest absolute Gasteiger partial charge is 0.150 e. The first-order valence-corrected chi connectivity index (χ1v) is 5.58. The van der Waals surface area contributed by atoms with E-state index in [2.05, 4.69) is 10.4 Å². The Bertz CT molecular complexity index is 544. The van der Waals surface area contributed by atoms with Crippen LogP contribution in [0.5, 0.6) is 0 Å². The number of fused-ring (bicyclic) bond motifs is 1. The number of hydrogen-bond donors (Lipinski definition) is 2. The Hall–Kier alpha value is -1.88. The van der Waals surface area contributed by atoms with Crippen LogP contribution in [-0.2, 0) is 13.0 Å². The van der Waals surface area contributed by atoms with Crippen LogP contribution in [0.25, 0.3) is 5.69 Å². The van der Waals surface area contributed by atoms with E-state index in [1.165, 1.54) is 12.1 Å². The van der Waals surface area contributed by atoms with Crippen LogP contribution in [-0.4, -0.2) is 16.3 Å². The van der Waals surface area contributed by atoms with E-state index in [1.54, 1.807) is 12.1 Å². The molecule has 0 unspecified atom stereocenters. The summed E-state index contributed by atoms with van der Waals surface area (Å²) in [5.41, 5.74) is 8.91. The molecule has 1 aliphatic rings. The van der Waals surface area contributed by atoms with Crippen molar-refractivity contribution in [3.8, 4) is 5.69 Å². The fourth-order valence-electron chi connectivity index (χ4n) is 2.17. The van der Waals surface area contributed by atoms with Crippen molar-refractivity contribution in [3.63, 3.8) is 0 Å². The van der Waals surface area contributed by atoms with Crippen LogP contribution < -0.4 is 11.1 Å². The molecule has 0 aliphatic carbocycles. The lowest BCUT2D eigenvalue weighted by Crippen LogP contribution is -2.24. The van der Waals surface area contributed by atoms with Crippen molar-refractivity contribution >= 4 is 5.82 Å². The van der Waals surface area contributed by atoms with Gasteiger partial charge in [-0.3, -0.25) is 0 Å². The molecule has 5 heteroatoms. The highest BCUT2D eigenvalue weighted by Gasteiger charge is 2.19. The number of nitrogens with two attached hydrogens (primary N) is 1. The molecule has 3 N–H and O–H groups in total. The van der Waals surface area contributed by atoms with Gasteiger partial charge in [0.2, 0.25) is 0 Å². The maximum absolute atomic E-state index is 12.9. The number of aromatic nitrogens is 2. The molecule has 0 atom stereocenters. The number of nitrogen functional groups attached to an aromatic ring is 1. The molecule has 0 spiro atoms. The van der Waals surface area contributed by atoms with Gasteiger partial charge in [-0.2, -0.15) is 5.10 Å². The molecule has 2 aromatic rings. The number of halogens is 1. The Morgan fingerprint density at radius 2 is 2.06 bits per heavy atom. The summed E-state index contributed by atoms with van der Waals surface area (Å²) in [6.45, 7) is 1.67. The highest BCUT2D eigenvalue weighted by molar-refractivity contribution is 5.48. The Morgan fingerprint density at radius 1 is 1.29 bits per heavy atom. The number of nitrogens with zero attached hydrogens (tertiary/aromatic N) is 2.